The first kappa shape index (κ1) is 12.0. The second kappa shape index (κ2) is 4.53. The SMILES string of the molecule is COc1nc2ccccc2n2cc(CC(C)C)nc12. The maximum absolute atomic E-state index is 5.36. The van der Waals surface area contributed by atoms with Crippen molar-refractivity contribution in [3.63, 3.8) is 0 Å². The van der Waals surface area contributed by atoms with E-state index in [9.17, 15) is 0 Å². The van der Waals surface area contributed by atoms with Crippen LogP contribution in [0.25, 0.3) is 16.7 Å². The van der Waals surface area contributed by atoms with E-state index in [1.807, 2.05) is 18.2 Å². The Kier molecular flexibility index (Phi) is 2.85. The summed E-state index contributed by atoms with van der Waals surface area (Å²) in [5.74, 6) is 1.16. The van der Waals surface area contributed by atoms with Crippen molar-refractivity contribution < 1.29 is 4.74 Å². The quantitative estimate of drug-likeness (QED) is 0.722. The molecule has 0 amide bonds. The van der Waals surface area contributed by atoms with Crippen molar-refractivity contribution in [2.75, 3.05) is 7.11 Å². The van der Waals surface area contributed by atoms with Crippen LogP contribution in [0, 0.1) is 5.92 Å². The van der Waals surface area contributed by atoms with E-state index in [1.54, 1.807) is 7.11 Å². The number of nitrogens with zero attached hydrogens (tertiary/aromatic N) is 3. The van der Waals surface area contributed by atoms with E-state index in [-0.39, 0.29) is 0 Å². The van der Waals surface area contributed by atoms with Gasteiger partial charge in [0.2, 0.25) is 5.65 Å². The van der Waals surface area contributed by atoms with Gasteiger partial charge in [0, 0.05) is 6.20 Å². The predicted molar refractivity (Wildman–Crippen MR) is 75.6 cm³/mol. The van der Waals surface area contributed by atoms with Gasteiger partial charge in [-0.1, -0.05) is 26.0 Å². The number of aromatic nitrogens is 3. The van der Waals surface area contributed by atoms with Gasteiger partial charge < -0.3 is 4.74 Å². The summed E-state index contributed by atoms with van der Waals surface area (Å²) in [5.41, 5.74) is 3.84. The molecule has 0 bridgehead atoms. The highest BCUT2D eigenvalue weighted by Crippen LogP contribution is 2.23. The van der Waals surface area contributed by atoms with Gasteiger partial charge in [-0.2, -0.15) is 0 Å². The largest absolute Gasteiger partial charge is 0.478 e. The highest BCUT2D eigenvalue weighted by atomic mass is 16.5. The summed E-state index contributed by atoms with van der Waals surface area (Å²) in [5, 5.41) is 0. The van der Waals surface area contributed by atoms with Gasteiger partial charge in [0.25, 0.3) is 5.88 Å². The topological polar surface area (TPSA) is 39.4 Å². The summed E-state index contributed by atoms with van der Waals surface area (Å²) < 4.78 is 7.43. The zero-order chi connectivity index (χ0) is 13.4. The summed E-state index contributed by atoms with van der Waals surface area (Å²) in [6.45, 7) is 4.38. The Hall–Kier alpha value is -2.10. The molecule has 4 heteroatoms. The van der Waals surface area contributed by atoms with E-state index in [2.05, 4.69) is 40.5 Å². The lowest BCUT2D eigenvalue weighted by atomic mass is 10.1. The number of imidazole rings is 1. The third kappa shape index (κ3) is 2.03. The van der Waals surface area contributed by atoms with Crippen LogP contribution in [0.3, 0.4) is 0 Å². The number of fused-ring (bicyclic) bond motifs is 3. The lowest BCUT2D eigenvalue weighted by Gasteiger charge is -2.05. The molecule has 0 radical (unpaired) electrons. The third-order valence-corrected chi connectivity index (χ3v) is 3.12. The van der Waals surface area contributed by atoms with E-state index in [0.29, 0.717) is 11.8 Å². The van der Waals surface area contributed by atoms with Crippen LogP contribution in [0.5, 0.6) is 5.88 Å². The number of hydrogen-bond donors (Lipinski definition) is 0. The van der Waals surface area contributed by atoms with Crippen LogP contribution in [0.1, 0.15) is 19.5 Å². The molecule has 19 heavy (non-hydrogen) atoms. The lowest BCUT2D eigenvalue weighted by molar-refractivity contribution is 0.402. The fraction of sp³-hybridized carbons (Fsp3) is 0.333. The molecule has 3 rings (SSSR count). The van der Waals surface area contributed by atoms with Crippen LogP contribution in [-0.2, 0) is 6.42 Å². The first-order valence-corrected chi connectivity index (χ1v) is 6.49. The smallest absolute Gasteiger partial charge is 0.258 e. The third-order valence-electron chi connectivity index (χ3n) is 3.12. The number of para-hydroxylation sites is 2. The predicted octanol–water partition coefficient (Wildman–Crippen LogP) is 3.09. The normalized spacial score (nSPS) is 11.6. The van der Waals surface area contributed by atoms with Gasteiger partial charge in [0.1, 0.15) is 0 Å². The van der Waals surface area contributed by atoms with Crippen LogP contribution in [0.15, 0.2) is 30.5 Å². The molecule has 0 atom stereocenters. The first-order valence-electron chi connectivity index (χ1n) is 6.49. The zero-order valence-corrected chi connectivity index (χ0v) is 11.4. The minimum atomic E-state index is 0.578. The molecular weight excluding hydrogens is 238 g/mol. The Balaban J connectivity index is 2.31. The molecule has 0 fully saturated rings. The van der Waals surface area contributed by atoms with E-state index >= 15 is 0 Å². The van der Waals surface area contributed by atoms with Gasteiger partial charge >= 0.3 is 0 Å². The van der Waals surface area contributed by atoms with Crippen molar-refractivity contribution in [3.05, 3.63) is 36.2 Å². The molecule has 0 spiro atoms. The van der Waals surface area contributed by atoms with Crippen LogP contribution < -0.4 is 4.74 Å². The number of ether oxygens (including phenoxy) is 1. The molecule has 3 aromatic rings. The van der Waals surface area contributed by atoms with Gasteiger partial charge in [-0.25, -0.2) is 9.97 Å². The molecule has 0 saturated carbocycles. The fourth-order valence-electron chi connectivity index (χ4n) is 2.34. The zero-order valence-electron chi connectivity index (χ0n) is 11.4. The Morgan fingerprint density at radius 2 is 2.00 bits per heavy atom. The van der Waals surface area contributed by atoms with Crippen molar-refractivity contribution in [3.8, 4) is 5.88 Å². The van der Waals surface area contributed by atoms with Crippen molar-refractivity contribution >= 4 is 16.7 Å². The van der Waals surface area contributed by atoms with E-state index in [4.69, 9.17) is 4.74 Å². The van der Waals surface area contributed by atoms with Gasteiger partial charge in [0.15, 0.2) is 0 Å². The molecule has 4 nitrogen and oxygen atoms in total. The summed E-state index contributed by atoms with van der Waals surface area (Å²) >= 11 is 0. The molecule has 0 unspecified atom stereocenters. The maximum atomic E-state index is 5.36. The molecule has 0 aliphatic heterocycles. The Morgan fingerprint density at radius 1 is 1.21 bits per heavy atom. The summed E-state index contributed by atoms with van der Waals surface area (Å²) in [6, 6.07) is 8.03. The second-order valence-corrected chi connectivity index (χ2v) is 5.13. The van der Waals surface area contributed by atoms with Crippen LogP contribution in [-0.4, -0.2) is 21.5 Å². The number of benzene rings is 1. The number of rotatable bonds is 3. The van der Waals surface area contributed by atoms with E-state index < -0.39 is 0 Å². The first-order chi connectivity index (χ1) is 9.19. The average molecular weight is 255 g/mol. The molecule has 0 aliphatic carbocycles. The molecular formula is C15H17N3O. The minimum absolute atomic E-state index is 0.578. The summed E-state index contributed by atoms with van der Waals surface area (Å²) in [6.07, 6.45) is 3.04. The summed E-state index contributed by atoms with van der Waals surface area (Å²) in [4.78, 5) is 9.16. The van der Waals surface area contributed by atoms with Crippen LogP contribution in [0.4, 0.5) is 0 Å². The second-order valence-electron chi connectivity index (χ2n) is 5.13. The van der Waals surface area contributed by atoms with Crippen molar-refractivity contribution in [1.29, 1.82) is 0 Å². The molecule has 0 aliphatic rings. The van der Waals surface area contributed by atoms with Crippen molar-refractivity contribution in [2.45, 2.75) is 20.3 Å². The lowest BCUT2D eigenvalue weighted by Crippen LogP contribution is -1.96. The van der Waals surface area contributed by atoms with E-state index in [0.717, 1.165) is 28.8 Å². The highest BCUT2D eigenvalue weighted by molar-refractivity contribution is 5.79. The Bertz CT molecular complexity index is 731. The fourth-order valence-corrected chi connectivity index (χ4v) is 2.34. The Morgan fingerprint density at radius 3 is 2.74 bits per heavy atom. The molecule has 2 heterocycles. The molecule has 0 saturated heterocycles. The van der Waals surface area contributed by atoms with Gasteiger partial charge in [-0.3, -0.25) is 4.40 Å². The monoisotopic (exact) mass is 255 g/mol. The van der Waals surface area contributed by atoms with Gasteiger partial charge in [-0.05, 0) is 24.5 Å². The maximum Gasteiger partial charge on any atom is 0.258 e. The number of methoxy groups -OCH3 is 1. The summed E-state index contributed by atoms with van der Waals surface area (Å²) in [7, 11) is 1.63. The molecule has 1 aromatic carbocycles. The average Bonchev–Trinajstić information content (AvgIpc) is 2.80. The molecule has 2 aromatic heterocycles. The minimum Gasteiger partial charge on any atom is -0.478 e. The van der Waals surface area contributed by atoms with Crippen LogP contribution in [0.2, 0.25) is 0 Å². The van der Waals surface area contributed by atoms with Gasteiger partial charge in [0.05, 0.1) is 23.8 Å². The molecule has 98 valence electrons. The van der Waals surface area contributed by atoms with Crippen molar-refractivity contribution in [2.24, 2.45) is 5.92 Å². The highest BCUT2D eigenvalue weighted by Gasteiger charge is 2.12. The molecule has 0 N–H and O–H groups in total. The number of hydrogen-bond acceptors (Lipinski definition) is 3. The van der Waals surface area contributed by atoms with E-state index in [1.165, 1.54) is 0 Å². The van der Waals surface area contributed by atoms with Crippen LogP contribution >= 0.6 is 0 Å². The standard InChI is InChI=1S/C15H17N3O/c1-10(2)8-11-9-18-13-7-5-4-6-12(13)17-15(19-3)14(18)16-11/h4-7,9-10H,8H2,1-3H3. The Labute approximate surface area is 112 Å². The van der Waals surface area contributed by atoms with Crippen molar-refractivity contribution in [1.82, 2.24) is 14.4 Å². The van der Waals surface area contributed by atoms with Gasteiger partial charge in [-0.15, -0.1) is 0 Å².